The molecule has 35 heavy (non-hydrogen) atoms. The van der Waals surface area contributed by atoms with Gasteiger partial charge in [-0.05, 0) is 54.8 Å². The lowest BCUT2D eigenvalue weighted by Crippen LogP contribution is -2.36. The van der Waals surface area contributed by atoms with E-state index in [1.165, 1.54) is 6.20 Å². The number of sulfonamides is 1. The topological polar surface area (TPSA) is 117 Å². The van der Waals surface area contributed by atoms with Crippen LogP contribution in [0.15, 0.2) is 67.0 Å². The van der Waals surface area contributed by atoms with Crippen molar-refractivity contribution in [1.82, 2.24) is 9.88 Å². The Morgan fingerprint density at radius 2 is 1.74 bits per heavy atom. The maximum absolute atomic E-state index is 13.0. The Hall–Kier alpha value is -4.05. The Kier molecular flexibility index (Phi) is 5.81. The van der Waals surface area contributed by atoms with Gasteiger partial charge in [-0.25, -0.2) is 8.42 Å². The summed E-state index contributed by atoms with van der Waals surface area (Å²) in [7, 11) is -3.88. The number of imide groups is 1. The molecule has 0 saturated heterocycles. The second kappa shape index (κ2) is 8.95. The largest absolute Gasteiger partial charge is 0.308 e. The number of nitrogens with one attached hydrogen (secondary N) is 1. The zero-order valence-corrected chi connectivity index (χ0v) is 19.5. The summed E-state index contributed by atoms with van der Waals surface area (Å²) < 4.78 is 28.1. The molecule has 2 aromatic carbocycles. The Morgan fingerprint density at radius 3 is 2.43 bits per heavy atom. The Labute approximate surface area is 202 Å². The SMILES string of the molecule is O=C1c2ccccc2C(=O)N1CCS(=O)(=O)Nc1ccc2c(c1)N(C(=O)c1cccnc1)CCC2. The van der Waals surface area contributed by atoms with Crippen LogP contribution in [-0.2, 0) is 16.4 Å². The molecule has 1 N–H and O–H groups in total. The minimum absolute atomic E-state index is 0.204. The van der Waals surface area contributed by atoms with Crippen molar-refractivity contribution >= 4 is 39.1 Å². The quantitative estimate of drug-likeness (QED) is 0.531. The number of nitrogens with zero attached hydrogens (tertiary/aromatic N) is 3. The highest BCUT2D eigenvalue weighted by atomic mass is 32.2. The van der Waals surface area contributed by atoms with Crippen LogP contribution in [0, 0.1) is 0 Å². The van der Waals surface area contributed by atoms with Crippen LogP contribution in [0.2, 0.25) is 0 Å². The first-order valence-electron chi connectivity index (χ1n) is 11.1. The van der Waals surface area contributed by atoms with Gasteiger partial charge in [-0.2, -0.15) is 0 Å². The molecule has 3 amide bonds. The number of benzene rings is 2. The molecule has 0 fully saturated rings. The normalized spacial score (nSPS) is 15.1. The van der Waals surface area contributed by atoms with Crippen molar-refractivity contribution < 1.29 is 22.8 Å². The van der Waals surface area contributed by atoms with Gasteiger partial charge in [0.25, 0.3) is 17.7 Å². The fourth-order valence-corrected chi connectivity index (χ4v) is 5.39. The van der Waals surface area contributed by atoms with E-state index in [-0.39, 0.29) is 23.6 Å². The molecule has 0 unspecified atom stereocenters. The van der Waals surface area contributed by atoms with Crippen LogP contribution in [0.1, 0.15) is 43.1 Å². The van der Waals surface area contributed by atoms with E-state index in [1.54, 1.807) is 65.7 Å². The minimum atomic E-state index is -3.88. The summed E-state index contributed by atoms with van der Waals surface area (Å²) in [6.07, 6.45) is 4.67. The van der Waals surface area contributed by atoms with E-state index < -0.39 is 27.6 Å². The van der Waals surface area contributed by atoms with Gasteiger partial charge in [-0.3, -0.25) is 29.0 Å². The van der Waals surface area contributed by atoms with E-state index in [0.717, 1.165) is 23.3 Å². The third-order valence-electron chi connectivity index (χ3n) is 6.09. The number of carbonyl (C=O) groups is 3. The third-order valence-corrected chi connectivity index (χ3v) is 7.36. The molecule has 5 rings (SSSR count). The summed E-state index contributed by atoms with van der Waals surface area (Å²) in [4.78, 5) is 44.6. The molecule has 1 aromatic heterocycles. The number of anilines is 2. The highest BCUT2D eigenvalue weighted by Crippen LogP contribution is 2.31. The lowest BCUT2D eigenvalue weighted by atomic mass is 10.0. The molecule has 10 heteroatoms. The average molecular weight is 491 g/mol. The van der Waals surface area contributed by atoms with Crippen LogP contribution < -0.4 is 9.62 Å². The lowest BCUT2D eigenvalue weighted by molar-refractivity contribution is 0.0663. The first-order chi connectivity index (χ1) is 16.8. The first kappa shape index (κ1) is 22.7. The number of aryl methyl sites for hydroxylation is 1. The maximum atomic E-state index is 13.0. The summed E-state index contributed by atoms with van der Waals surface area (Å²) in [5, 5.41) is 0. The van der Waals surface area contributed by atoms with Crippen molar-refractivity contribution in [3.8, 4) is 0 Å². The van der Waals surface area contributed by atoms with Gasteiger partial charge in [0.1, 0.15) is 0 Å². The fourth-order valence-electron chi connectivity index (χ4n) is 4.38. The van der Waals surface area contributed by atoms with Gasteiger partial charge >= 0.3 is 0 Å². The van der Waals surface area contributed by atoms with Crippen LogP contribution in [0.4, 0.5) is 11.4 Å². The molecular formula is C25H22N4O5S. The van der Waals surface area contributed by atoms with E-state index >= 15 is 0 Å². The zero-order valence-electron chi connectivity index (χ0n) is 18.7. The minimum Gasteiger partial charge on any atom is -0.308 e. The summed E-state index contributed by atoms with van der Waals surface area (Å²) >= 11 is 0. The molecule has 3 heterocycles. The molecule has 0 atom stereocenters. The molecule has 0 saturated carbocycles. The lowest BCUT2D eigenvalue weighted by Gasteiger charge is -2.30. The monoisotopic (exact) mass is 490 g/mol. The van der Waals surface area contributed by atoms with Crippen molar-refractivity contribution in [3.05, 3.63) is 89.2 Å². The van der Waals surface area contributed by atoms with Crippen molar-refractivity contribution in [2.45, 2.75) is 12.8 Å². The first-order valence-corrected chi connectivity index (χ1v) is 12.8. The van der Waals surface area contributed by atoms with E-state index in [9.17, 15) is 22.8 Å². The molecule has 0 radical (unpaired) electrons. The van der Waals surface area contributed by atoms with E-state index in [4.69, 9.17) is 0 Å². The Bertz CT molecular complexity index is 1400. The van der Waals surface area contributed by atoms with E-state index in [0.29, 0.717) is 23.5 Å². The summed E-state index contributed by atoms with van der Waals surface area (Å²) in [6, 6.07) is 14.9. The van der Waals surface area contributed by atoms with Gasteiger partial charge < -0.3 is 4.90 Å². The number of aromatic nitrogens is 1. The van der Waals surface area contributed by atoms with E-state index in [2.05, 4.69) is 9.71 Å². The third kappa shape index (κ3) is 4.40. The zero-order chi connectivity index (χ0) is 24.6. The second-order valence-electron chi connectivity index (χ2n) is 8.37. The summed E-state index contributed by atoms with van der Waals surface area (Å²) in [5.74, 6) is -1.66. The van der Waals surface area contributed by atoms with Crippen molar-refractivity contribution in [1.29, 1.82) is 0 Å². The number of hydrogen-bond acceptors (Lipinski definition) is 6. The van der Waals surface area contributed by atoms with Crippen molar-refractivity contribution in [2.24, 2.45) is 0 Å². The number of rotatable bonds is 6. The van der Waals surface area contributed by atoms with Crippen LogP contribution >= 0.6 is 0 Å². The number of amides is 3. The van der Waals surface area contributed by atoms with Crippen molar-refractivity contribution in [2.75, 3.05) is 28.5 Å². The standard InChI is InChI=1S/C25H22N4O5S/c30-23(18-5-3-11-26-16-18)28-12-4-6-17-9-10-19(15-22(17)28)27-35(33,34)14-13-29-24(31)20-7-1-2-8-21(20)25(29)32/h1-3,5,7-11,15-16,27H,4,6,12-14H2. The predicted molar refractivity (Wildman–Crippen MR) is 130 cm³/mol. The number of fused-ring (bicyclic) bond motifs is 2. The van der Waals surface area contributed by atoms with Gasteiger partial charge in [0, 0.05) is 31.2 Å². The fraction of sp³-hybridized carbons (Fsp3) is 0.200. The van der Waals surface area contributed by atoms with Crippen LogP contribution in [0.25, 0.3) is 0 Å². The smallest absolute Gasteiger partial charge is 0.261 e. The Morgan fingerprint density at radius 1 is 1.00 bits per heavy atom. The second-order valence-corrected chi connectivity index (χ2v) is 10.2. The number of carbonyl (C=O) groups excluding carboxylic acids is 3. The number of hydrogen-bond donors (Lipinski definition) is 1. The van der Waals surface area contributed by atoms with Gasteiger partial charge in [0.15, 0.2) is 0 Å². The molecule has 2 aliphatic heterocycles. The molecule has 2 aliphatic rings. The molecule has 0 spiro atoms. The maximum Gasteiger partial charge on any atom is 0.261 e. The van der Waals surface area contributed by atoms with Crippen LogP contribution in [0.5, 0.6) is 0 Å². The van der Waals surface area contributed by atoms with Gasteiger partial charge in [-0.1, -0.05) is 18.2 Å². The summed E-state index contributed by atoms with van der Waals surface area (Å²) in [5.41, 5.74) is 2.89. The van der Waals surface area contributed by atoms with E-state index in [1.807, 2.05) is 0 Å². The highest BCUT2D eigenvalue weighted by Gasteiger charge is 2.35. The molecule has 178 valence electrons. The highest BCUT2D eigenvalue weighted by molar-refractivity contribution is 7.92. The molecular weight excluding hydrogens is 468 g/mol. The Balaban J connectivity index is 1.31. The average Bonchev–Trinajstić information content (AvgIpc) is 3.11. The van der Waals surface area contributed by atoms with Crippen LogP contribution in [0.3, 0.4) is 0 Å². The summed E-state index contributed by atoms with van der Waals surface area (Å²) in [6.45, 7) is 0.245. The molecule has 0 bridgehead atoms. The van der Waals surface area contributed by atoms with Crippen molar-refractivity contribution in [3.63, 3.8) is 0 Å². The molecule has 0 aliphatic carbocycles. The van der Waals surface area contributed by atoms with Crippen LogP contribution in [-0.4, -0.2) is 54.9 Å². The van der Waals surface area contributed by atoms with Gasteiger partial charge in [0.05, 0.1) is 28.1 Å². The van der Waals surface area contributed by atoms with Gasteiger partial charge in [0.2, 0.25) is 10.0 Å². The van der Waals surface area contributed by atoms with Gasteiger partial charge in [-0.15, -0.1) is 0 Å². The molecule has 9 nitrogen and oxygen atoms in total. The molecule has 3 aromatic rings. The predicted octanol–water partition coefficient (Wildman–Crippen LogP) is 2.71. The number of pyridine rings is 1.